The van der Waals surface area contributed by atoms with Crippen LogP contribution in [-0.2, 0) is 11.2 Å². The summed E-state index contributed by atoms with van der Waals surface area (Å²) in [6, 6.07) is 10.8. The first-order valence-corrected chi connectivity index (χ1v) is 9.05. The first-order chi connectivity index (χ1) is 12.6. The smallest absolute Gasteiger partial charge is 0.272 e. The van der Waals surface area contributed by atoms with Gasteiger partial charge in [-0.05, 0) is 42.8 Å². The summed E-state index contributed by atoms with van der Waals surface area (Å²) in [4.78, 5) is 31.2. The molecule has 3 aromatic rings. The third-order valence-corrected chi connectivity index (χ3v) is 4.59. The Morgan fingerprint density at radius 2 is 1.78 bits per heavy atom. The number of benzene rings is 1. The van der Waals surface area contributed by atoms with Crippen molar-refractivity contribution in [2.75, 3.05) is 11.1 Å². The number of nitrogens with two attached hydrogens (primary N) is 1. The second kappa shape index (κ2) is 6.95. The molecule has 0 aliphatic rings. The standard InChI is InChI=1S/C21H26N4O2/c1-12(18(26)21(2,3)4)9-16-10-13-11-17(25-19(13)23-16)20(27)24-15-7-5-14(22)6-8-15/h5-8,10-12,23,25H,9,22H2,1-4H3,(H,24,27)/t12-/m0/s1. The van der Waals surface area contributed by atoms with Gasteiger partial charge in [-0.1, -0.05) is 27.7 Å². The molecule has 0 fully saturated rings. The van der Waals surface area contributed by atoms with Gasteiger partial charge in [0.2, 0.25) is 0 Å². The van der Waals surface area contributed by atoms with Gasteiger partial charge in [-0.25, -0.2) is 0 Å². The summed E-state index contributed by atoms with van der Waals surface area (Å²) in [5.41, 5.74) is 8.86. The van der Waals surface area contributed by atoms with Gasteiger partial charge in [-0.15, -0.1) is 0 Å². The van der Waals surface area contributed by atoms with Gasteiger partial charge in [0.05, 0.1) is 0 Å². The first-order valence-electron chi connectivity index (χ1n) is 9.05. The summed E-state index contributed by atoms with van der Waals surface area (Å²) in [7, 11) is 0. The number of hydrogen-bond donors (Lipinski definition) is 4. The van der Waals surface area contributed by atoms with E-state index in [1.54, 1.807) is 30.3 Å². The van der Waals surface area contributed by atoms with Crippen molar-refractivity contribution < 1.29 is 9.59 Å². The summed E-state index contributed by atoms with van der Waals surface area (Å²) in [6.45, 7) is 7.78. The summed E-state index contributed by atoms with van der Waals surface area (Å²) >= 11 is 0. The molecule has 2 heterocycles. The Kier molecular flexibility index (Phi) is 4.83. The maximum absolute atomic E-state index is 12.4. The van der Waals surface area contributed by atoms with Gasteiger partial charge in [-0.3, -0.25) is 9.59 Å². The molecular formula is C21H26N4O2. The zero-order valence-electron chi connectivity index (χ0n) is 16.1. The minimum Gasteiger partial charge on any atom is -0.399 e. The number of H-pyrrole nitrogens is 2. The van der Waals surface area contributed by atoms with Crippen LogP contribution in [0.3, 0.4) is 0 Å². The van der Waals surface area contributed by atoms with Crippen LogP contribution in [0.1, 0.15) is 43.9 Å². The Labute approximate surface area is 158 Å². The summed E-state index contributed by atoms with van der Waals surface area (Å²) < 4.78 is 0. The summed E-state index contributed by atoms with van der Waals surface area (Å²) in [5.74, 6) is -0.0485. The average Bonchev–Trinajstić information content (AvgIpc) is 3.13. The molecule has 1 aromatic carbocycles. The molecule has 142 valence electrons. The average molecular weight is 366 g/mol. The fourth-order valence-electron chi connectivity index (χ4n) is 3.23. The van der Waals surface area contributed by atoms with Crippen LogP contribution in [0.4, 0.5) is 11.4 Å². The number of ketones is 1. The van der Waals surface area contributed by atoms with Gasteiger partial charge in [0, 0.05) is 33.8 Å². The number of hydrogen-bond acceptors (Lipinski definition) is 3. The third-order valence-electron chi connectivity index (χ3n) is 4.59. The van der Waals surface area contributed by atoms with Crippen molar-refractivity contribution in [1.29, 1.82) is 0 Å². The predicted octanol–water partition coefficient (Wildman–Crippen LogP) is 4.12. The number of aromatic amines is 2. The lowest BCUT2D eigenvalue weighted by molar-refractivity contribution is -0.129. The van der Waals surface area contributed by atoms with Gasteiger partial charge in [0.25, 0.3) is 5.91 Å². The molecule has 0 saturated heterocycles. The number of carbonyl (C=O) groups excluding carboxylic acids is 2. The molecule has 0 aliphatic heterocycles. The van der Waals surface area contributed by atoms with E-state index in [0.29, 0.717) is 23.5 Å². The Hall–Kier alpha value is -3.02. The van der Waals surface area contributed by atoms with Gasteiger partial charge >= 0.3 is 0 Å². The van der Waals surface area contributed by atoms with Crippen LogP contribution in [-0.4, -0.2) is 21.7 Å². The molecule has 6 nitrogen and oxygen atoms in total. The van der Waals surface area contributed by atoms with Crippen molar-refractivity contribution in [2.45, 2.75) is 34.1 Å². The first kappa shape index (κ1) is 18.8. The van der Waals surface area contributed by atoms with E-state index < -0.39 is 0 Å². The Morgan fingerprint density at radius 1 is 1.11 bits per heavy atom. The lowest BCUT2D eigenvalue weighted by atomic mass is 9.82. The van der Waals surface area contributed by atoms with Crippen molar-refractivity contribution >= 4 is 34.1 Å². The molecule has 0 bridgehead atoms. The second-order valence-corrected chi connectivity index (χ2v) is 8.10. The molecule has 2 aromatic heterocycles. The number of aromatic nitrogens is 2. The highest BCUT2D eigenvalue weighted by molar-refractivity contribution is 6.05. The van der Waals surface area contributed by atoms with E-state index in [4.69, 9.17) is 5.73 Å². The van der Waals surface area contributed by atoms with Crippen molar-refractivity contribution in [3.05, 3.63) is 47.8 Å². The molecule has 6 heteroatoms. The molecule has 0 unspecified atom stereocenters. The SMILES string of the molecule is C[C@@H](Cc1cc2cc(C(=O)Nc3ccc(N)cc3)[nH]c2[nH]1)C(=O)C(C)(C)C. The predicted molar refractivity (Wildman–Crippen MR) is 109 cm³/mol. The molecule has 3 rings (SSSR count). The Bertz CT molecular complexity index is 942. The molecule has 1 atom stereocenters. The third kappa shape index (κ3) is 4.22. The molecule has 27 heavy (non-hydrogen) atoms. The molecule has 1 amide bonds. The van der Waals surface area contributed by atoms with E-state index in [0.717, 1.165) is 16.7 Å². The number of fused-ring (bicyclic) bond motifs is 1. The number of Topliss-reactive ketones (excluding diaryl/α,β-unsaturated/α-hetero) is 1. The maximum Gasteiger partial charge on any atom is 0.272 e. The topological polar surface area (TPSA) is 104 Å². The highest BCUT2D eigenvalue weighted by Gasteiger charge is 2.27. The fraction of sp³-hybridized carbons (Fsp3) is 0.333. The van der Waals surface area contributed by atoms with E-state index in [1.807, 2.05) is 33.8 Å². The summed E-state index contributed by atoms with van der Waals surface area (Å²) in [5, 5.41) is 3.75. The van der Waals surface area contributed by atoms with Gasteiger partial charge < -0.3 is 21.0 Å². The minimum absolute atomic E-state index is 0.0685. The highest BCUT2D eigenvalue weighted by Crippen LogP contribution is 2.24. The van der Waals surface area contributed by atoms with Crippen LogP contribution in [0.25, 0.3) is 11.0 Å². The molecule has 0 aliphatic carbocycles. The van der Waals surface area contributed by atoms with E-state index in [1.165, 1.54) is 0 Å². The summed E-state index contributed by atoms with van der Waals surface area (Å²) in [6.07, 6.45) is 0.644. The molecule has 0 saturated carbocycles. The molecule has 0 radical (unpaired) electrons. The highest BCUT2D eigenvalue weighted by atomic mass is 16.2. The van der Waals surface area contributed by atoms with Crippen LogP contribution in [0.5, 0.6) is 0 Å². The Balaban J connectivity index is 1.70. The van der Waals surface area contributed by atoms with Gasteiger partial charge in [0.1, 0.15) is 17.1 Å². The van der Waals surface area contributed by atoms with Crippen molar-refractivity contribution in [1.82, 2.24) is 9.97 Å². The monoisotopic (exact) mass is 366 g/mol. The number of nitrogens with one attached hydrogen (secondary N) is 3. The van der Waals surface area contributed by atoms with Crippen LogP contribution in [0.2, 0.25) is 0 Å². The maximum atomic E-state index is 12.4. The van der Waals surface area contributed by atoms with E-state index in [9.17, 15) is 9.59 Å². The number of amides is 1. The van der Waals surface area contributed by atoms with Crippen LogP contribution in [0, 0.1) is 11.3 Å². The number of nitrogen functional groups attached to an aromatic ring is 1. The van der Waals surface area contributed by atoms with Crippen molar-refractivity contribution in [2.24, 2.45) is 11.3 Å². The Morgan fingerprint density at radius 3 is 2.37 bits per heavy atom. The quantitative estimate of drug-likeness (QED) is 0.510. The largest absolute Gasteiger partial charge is 0.399 e. The molecular weight excluding hydrogens is 340 g/mol. The molecule has 0 spiro atoms. The zero-order chi connectivity index (χ0) is 19.8. The van der Waals surface area contributed by atoms with E-state index in [2.05, 4.69) is 15.3 Å². The lowest BCUT2D eigenvalue weighted by Gasteiger charge is -2.21. The number of carbonyl (C=O) groups is 2. The van der Waals surface area contributed by atoms with Crippen molar-refractivity contribution in [3.8, 4) is 0 Å². The normalized spacial score (nSPS) is 12.9. The van der Waals surface area contributed by atoms with E-state index in [-0.39, 0.29) is 23.0 Å². The van der Waals surface area contributed by atoms with Crippen LogP contribution in [0.15, 0.2) is 36.4 Å². The van der Waals surface area contributed by atoms with Crippen LogP contribution < -0.4 is 11.1 Å². The second-order valence-electron chi connectivity index (χ2n) is 8.10. The van der Waals surface area contributed by atoms with E-state index >= 15 is 0 Å². The lowest BCUT2D eigenvalue weighted by Crippen LogP contribution is -2.27. The fourth-order valence-corrected chi connectivity index (χ4v) is 3.23. The minimum atomic E-state index is -0.347. The van der Waals surface area contributed by atoms with Gasteiger partial charge in [-0.2, -0.15) is 0 Å². The molecule has 5 N–H and O–H groups in total. The van der Waals surface area contributed by atoms with Crippen LogP contribution >= 0.6 is 0 Å². The number of rotatable bonds is 5. The van der Waals surface area contributed by atoms with Crippen molar-refractivity contribution in [3.63, 3.8) is 0 Å². The number of anilines is 2. The zero-order valence-corrected chi connectivity index (χ0v) is 16.1. The van der Waals surface area contributed by atoms with Gasteiger partial charge in [0.15, 0.2) is 0 Å².